The molecule has 0 aliphatic heterocycles. The van der Waals surface area contributed by atoms with Crippen LogP contribution in [-0.4, -0.2) is 31.1 Å². The van der Waals surface area contributed by atoms with Crippen LogP contribution >= 0.6 is 15.9 Å². The lowest BCUT2D eigenvalue weighted by molar-refractivity contribution is -0.385. The Morgan fingerprint density at radius 3 is 2.55 bits per heavy atom. The Morgan fingerprint density at radius 1 is 1.36 bits per heavy atom. The van der Waals surface area contributed by atoms with Gasteiger partial charge < -0.3 is 14.8 Å². The van der Waals surface area contributed by atoms with Gasteiger partial charge >= 0.3 is 11.9 Å². The van der Waals surface area contributed by atoms with Crippen molar-refractivity contribution in [3.63, 3.8) is 0 Å². The molecular formula is C13H13BrN2O6. The van der Waals surface area contributed by atoms with Crippen LogP contribution < -0.4 is 5.32 Å². The summed E-state index contributed by atoms with van der Waals surface area (Å²) in [7, 11) is 2.30. The van der Waals surface area contributed by atoms with Crippen molar-refractivity contribution in [1.82, 2.24) is 0 Å². The highest BCUT2D eigenvalue weighted by Crippen LogP contribution is 2.29. The highest BCUT2D eigenvalue weighted by Gasteiger charge is 2.19. The van der Waals surface area contributed by atoms with Gasteiger partial charge in [0.05, 0.1) is 30.8 Å². The monoisotopic (exact) mass is 372 g/mol. The number of nitro benzene ring substituents is 1. The minimum Gasteiger partial charge on any atom is -0.466 e. The molecule has 8 nitrogen and oxygen atoms in total. The van der Waals surface area contributed by atoms with Crippen LogP contribution in [0.2, 0.25) is 0 Å². The van der Waals surface area contributed by atoms with E-state index in [1.807, 2.05) is 0 Å². The third-order valence-electron chi connectivity index (χ3n) is 2.62. The molecule has 0 atom stereocenters. The maximum absolute atomic E-state index is 11.7. The van der Waals surface area contributed by atoms with Gasteiger partial charge in [-0.2, -0.15) is 0 Å². The average Bonchev–Trinajstić information content (AvgIpc) is 2.52. The molecule has 0 saturated carbocycles. The van der Waals surface area contributed by atoms with Gasteiger partial charge in [0, 0.05) is 17.1 Å². The topological polar surface area (TPSA) is 108 Å². The van der Waals surface area contributed by atoms with Crippen LogP contribution in [0.5, 0.6) is 0 Å². The van der Waals surface area contributed by atoms with E-state index in [2.05, 4.69) is 30.7 Å². The Kier molecular flexibility index (Phi) is 6.51. The van der Waals surface area contributed by atoms with Gasteiger partial charge in [0.25, 0.3) is 5.69 Å². The molecule has 0 unspecified atom stereocenters. The number of hydrogen-bond donors (Lipinski definition) is 1. The molecule has 1 rings (SSSR count). The van der Waals surface area contributed by atoms with Gasteiger partial charge in [-0.15, -0.1) is 0 Å². The van der Waals surface area contributed by atoms with E-state index < -0.39 is 16.9 Å². The van der Waals surface area contributed by atoms with Crippen molar-refractivity contribution < 1.29 is 24.0 Å². The Bertz CT molecular complexity index is 629. The van der Waals surface area contributed by atoms with Gasteiger partial charge in [-0.25, -0.2) is 9.59 Å². The predicted molar refractivity (Wildman–Crippen MR) is 81.5 cm³/mol. The van der Waals surface area contributed by atoms with E-state index in [9.17, 15) is 19.7 Å². The fourth-order valence-corrected chi connectivity index (χ4v) is 2.17. The summed E-state index contributed by atoms with van der Waals surface area (Å²) < 4.78 is 9.01. The number of anilines is 1. The summed E-state index contributed by atoms with van der Waals surface area (Å²) in [5, 5.41) is 13.9. The van der Waals surface area contributed by atoms with Gasteiger partial charge in [0.2, 0.25) is 0 Å². The molecule has 1 aromatic carbocycles. The number of carbonyl (C=O) groups is 2. The van der Waals surface area contributed by atoms with Crippen LogP contribution in [0, 0.1) is 10.1 Å². The zero-order valence-corrected chi connectivity index (χ0v) is 13.4. The van der Waals surface area contributed by atoms with E-state index in [-0.39, 0.29) is 16.7 Å². The van der Waals surface area contributed by atoms with Crippen molar-refractivity contribution in [3.8, 4) is 0 Å². The summed E-state index contributed by atoms with van der Waals surface area (Å²) in [6, 6.07) is 4.33. The lowest BCUT2D eigenvalue weighted by atomic mass is 10.1. The third-order valence-corrected chi connectivity index (χ3v) is 3.18. The van der Waals surface area contributed by atoms with E-state index in [1.165, 1.54) is 18.2 Å². The fourth-order valence-electron chi connectivity index (χ4n) is 1.58. The van der Waals surface area contributed by atoms with Gasteiger partial charge in [0.1, 0.15) is 5.70 Å². The second-order valence-electron chi connectivity index (χ2n) is 3.89. The molecule has 0 bridgehead atoms. The third kappa shape index (κ3) is 4.29. The molecule has 118 valence electrons. The fraction of sp³-hybridized carbons (Fsp3) is 0.231. The van der Waals surface area contributed by atoms with Crippen LogP contribution in [0.4, 0.5) is 11.4 Å². The first-order chi connectivity index (χ1) is 10.4. The normalized spacial score (nSPS) is 10.8. The summed E-state index contributed by atoms with van der Waals surface area (Å²) in [5.41, 5.74) is 0.306. The highest BCUT2D eigenvalue weighted by atomic mass is 79.9. The number of methoxy groups -OCH3 is 2. The minimum atomic E-state index is -0.808. The predicted octanol–water partition coefficient (Wildman–Crippen LogP) is 2.13. The largest absolute Gasteiger partial charge is 0.466 e. The zero-order chi connectivity index (χ0) is 16.7. The SMILES string of the molecule is COC(=O)/C=C(/Nc1cccc([N+](=O)[O-])c1CBr)C(=O)OC. The first-order valence-electron chi connectivity index (χ1n) is 5.91. The Hall–Kier alpha value is -2.42. The average molecular weight is 373 g/mol. The van der Waals surface area contributed by atoms with Gasteiger partial charge in [0.15, 0.2) is 0 Å². The number of carbonyl (C=O) groups excluding carboxylic acids is 2. The lowest BCUT2D eigenvalue weighted by Crippen LogP contribution is -2.16. The van der Waals surface area contributed by atoms with Crippen molar-refractivity contribution in [2.45, 2.75) is 5.33 Å². The molecule has 0 saturated heterocycles. The number of nitrogens with zero attached hydrogens (tertiary/aromatic N) is 1. The van der Waals surface area contributed by atoms with Crippen LogP contribution in [0.25, 0.3) is 0 Å². The maximum atomic E-state index is 11.7. The zero-order valence-electron chi connectivity index (χ0n) is 11.8. The number of ether oxygens (including phenoxy) is 2. The number of nitrogens with one attached hydrogen (secondary N) is 1. The number of rotatable bonds is 6. The molecule has 0 fully saturated rings. The Labute approximate surface area is 134 Å². The molecule has 22 heavy (non-hydrogen) atoms. The molecule has 0 spiro atoms. The first kappa shape index (κ1) is 17.6. The summed E-state index contributed by atoms with van der Waals surface area (Å²) in [4.78, 5) is 33.4. The Balaban J connectivity index is 3.27. The van der Waals surface area contributed by atoms with Crippen LogP contribution in [-0.2, 0) is 24.4 Å². The maximum Gasteiger partial charge on any atom is 0.354 e. The molecule has 0 aliphatic carbocycles. The van der Waals surface area contributed by atoms with E-state index in [1.54, 1.807) is 0 Å². The van der Waals surface area contributed by atoms with Crippen LogP contribution in [0.1, 0.15) is 5.56 Å². The first-order valence-corrected chi connectivity index (χ1v) is 7.04. The molecule has 1 aromatic rings. The quantitative estimate of drug-likeness (QED) is 0.268. The van der Waals surface area contributed by atoms with Crippen LogP contribution in [0.3, 0.4) is 0 Å². The molecular weight excluding hydrogens is 360 g/mol. The number of esters is 2. The van der Waals surface area contributed by atoms with E-state index >= 15 is 0 Å². The summed E-state index contributed by atoms with van der Waals surface area (Å²) >= 11 is 3.16. The second-order valence-corrected chi connectivity index (χ2v) is 4.45. The highest BCUT2D eigenvalue weighted by molar-refractivity contribution is 9.08. The molecule has 0 heterocycles. The van der Waals surface area contributed by atoms with Gasteiger partial charge in [-0.1, -0.05) is 22.0 Å². The van der Waals surface area contributed by atoms with E-state index in [0.717, 1.165) is 20.3 Å². The molecule has 0 radical (unpaired) electrons. The summed E-state index contributed by atoms with van der Waals surface area (Å²) in [6.45, 7) is 0. The summed E-state index contributed by atoms with van der Waals surface area (Å²) in [5.74, 6) is -1.57. The summed E-state index contributed by atoms with van der Waals surface area (Å²) in [6.07, 6.45) is 0.905. The molecule has 0 aromatic heterocycles. The van der Waals surface area contributed by atoms with Crippen molar-refractivity contribution in [1.29, 1.82) is 0 Å². The minimum absolute atomic E-state index is 0.121. The second kappa shape index (κ2) is 8.13. The smallest absolute Gasteiger partial charge is 0.354 e. The van der Waals surface area contributed by atoms with Gasteiger partial charge in [-0.05, 0) is 6.07 Å². The molecule has 0 aliphatic rings. The molecule has 0 amide bonds. The number of nitro groups is 1. The van der Waals surface area contributed by atoms with Crippen molar-refractivity contribution in [3.05, 3.63) is 45.6 Å². The Morgan fingerprint density at radius 2 is 2.05 bits per heavy atom. The van der Waals surface area contributed by atoms with E-state index in [0.29, 0.717) is 11.3 Å². The van der Waals surface area contributed by atoms with Crippen molar-refractivity contribution >= 4 is 39.2 Å². The van der Waals surface area contributed by atoms with Crippen molar-refractivity contribution in [2.24, 2.45) is 0 Å². The number of alkyl halides is 1. The van der Waals surface area contributed by atoms with Crippen LogP contribution in [0.15, 0.2) is 30.0 Å². The van der Waals surface area contributed by atoms with Gasteiger partial charge in [-0.3, -0.25) is 10.1 Å². The van der Waals surface area contributed by atoms with Crippen molar-refractivity contribution in [2.75, 3.05) is 19.5 Å². The number of benzene rings is 1. The lowest BCUT2D eigenvalue weighted by Gasteiger charge is -2.12. The molecule has 9 heteroatoms. The van der Waals surface area contributed by atoms with E-state index in [4.69, 9.17) is 0 Å². The standard InChI is InChI=1S/C13H13BrN2O6/c1-21-12(17)6-10(13(18)22-2)15-9-4-3-5-11(16(19)20)8(9)7-14/h3-6,15H,7H2,1-2H3/b10-6+. The number of hydrogen-bond acceptors (Lipinski definition) is 7. The molecule has 1 N–H and O–H groups in total. The number of halogens is 1.